The number of hydrogen-bond donors (Lipinski definition) is 0. The zero-order valence-corrected chi connectivity index (χ0v) is 29.6. The number of para-hydroxylation sites is 3. The number of hydrogen-bond acceptors (Lipinski definition) is 4. The fourth-order valence-electron chi connectivity index (χ4n) is 8.14. The van der Waals surface area contributed by atoms with E-state index in [1.807, 2.05) is 24.3 Å². The Labute approximate surface area is 317 Å². The van der Waals surface area contributed by atoms with Crippen molar-refractivity contribution in [3.8, 4) is 56.2 Å². The molecule has 256 valence electrons. The fraction of sp³-hybridized carbons (Fsp3) is 0. The van der Waals surface area contributed by atoms with Crippen molar-refractivity contribution in [2.45, 2.75) is 0 Å². The minimum atomic E-state index is 0.695. The van der Waals surface area contributed by atoms with Crippen LogP contribution in [0.15, 0.2) is 192 Å². The van der Waals surface area contributed by atoms with Crippen molar-refractivity contribution in [2.75, 3.05) is 0 Å². The first-order chi connectivity index (χ1) is 27.3. The molecule has 0 spiro atoms. The number of furan rings is 1. The van der Waals surface area contributed by atoms with Crippen molar-refractivity contribution < 1.29 is 4.42 Å². The quantitative estimate of drug-likeness (QED) is 0.168. The Morgan fingerprint density at radius 2 is 0.855 bits per heavy atom. The molecule has 8 aromatic carbocycles. The zero-order chi connectivity index (χ0) is 36.3. The molecule has 0 radical (unpaired) electrons. The summed E-state index contributed by atoms with van der Waals surface area (Å²) in [6.07, 6.45) is 0. The van der Waals surface area contributed by atoms with Gasteiger partial charge in [0.05, 0.1) is 22.4 Å². The SMILES string of the molecule is c1ccc(-c2nc(-c3cccc(-c4cccc(-c5nc6ccccc6c6c(-c7ccccc7)c7c(cc56)oc5ccccc57)c4)c3)nc3ccccc23)cc1. The minimum Gasteiger partial charge on any atom is -0.456 e. The van der Waals surface area contributed by atoms with Gasteiger partial charge in [-0.25, -0.2) is 15.0 Å². The Bertz CT molecular complexity index is 3260. The smallest absolute Gasteiger partial charge is 0.160 e. The first-order valence-corrected chi connectivity index (χ1v) is 18.5. The molecule has 0 saturated heterocycles. The number of benzene rings is 8. The largest absolute Gasteiger partial charge is 0.456 e. The maximum Gasteiger partial charge on any atom is 0.160 e. The molecule has 3 aromatic heterocycles. The van der Waals surface area contributed by atoms with Gasteiger partial charge in [0, 0.05) is 54.6 Å². The lowest BCUT2D eigenvalue weighted by Crippen LogP contribution is -1.95. The molecule has 0 fully saturated rings. The van der Waals surface area contributed by atoms with Crippen LogP contribution in [0.5, 0.6) is 0 Å². The van der Waals surface area contributed by atoms with Crippen LogP contribution in [0.2, 0.25) is 0 Å². The Kier molecular flexibility index (Phi) is 7.14. The summed E-state index contributed by atoms with van der Waals surface area (Å²) in [5.41, 5.74) is 12.9. The molecule has 0 amide bonds. The lowest BCUT2D eigenvalue weighted by atomic mass is 9.89. The summed E-state index contributed by atoms with van der Waals surface area (Å²) in [6.45, 7) is 0. The molecule has 3 heterocycles. The van der Waals surface area contributed by atoms with Gasteiger partial charge in [0.1, 0.15) is 11.2 Å². The highest BCUT2D eigenvalue weighted by molar-refractivity contribution is 6.27. The molecule has 0 N–H and O–H groups in total. The van der Waals surface area contributed by atoms with Gasteiger partial charge in [0.25, 0.3) is 0 Å². The van der Waals surface area contributed by atoms with Crippen molar-refractivity contribution in [3.63, 3.8) is 0 Å². The monoisotopic (exact) mass is 701 g/mol. The topological polar surface area (TPSA) is 51.8 Å². The van der Waals surface area contributed by atoms with Gasteiger partial charge in [0.15, 0.2) is 5.82 Å². The van der Waals surface area contributed by atoms with Crippen LogP contribution in [-0.2, 0) is 0 Å². The van der Waals surface area contributed by atoms with Gasteiger partial charge in [-0.2, -0.15) is 0 Å². The van der Waals surface area contributed by atoms with Gasteiger partial charge in [-0.05, 0) is 53.1 Å². The summed E-state index contributed by atoms with van der Waals surface area (Å²) in [5.74, 6) is 0.695. The molecule has 0 unspecified atom stereocenters. The zero-order valence-electron chi connectivity index (χ0n) is 29.6. The number of rotatable bonds is 5. The second-order valence-electron chi connectivity index (χ2n) is 13.9. The van der Waals surface area contributed by atoms with Crippen LogP contribution in [0, 0.1) is 0 Å². The Morgan fingerprint density at radius 3 is 1.62 bits per heavy atom. The third-order valence-electron chi connectivity index (χ3n) is 10.6. The van der Waals surface area contributed by atoms with Gasteiger partial charge in [-0.15, -0.1) is 0 Å². The van der Waals surface area contributed by atoms with Gasteiger partial charge in [-0.3, -0.25) is 0 Å². The van der Waals surface area contributed by atoms with E-state index < -0.39 is 0 Å². The number of aromatic nitrogens is 3. The van der Waals surface area contributed by atoms with Crippen LogP contribution in [0.3, 0.4) is 0 Å². The van der Waals surface area contributed by atoms with Crippen molar-refractivity contribution in [2.24, 2.45) is 0 Å². The molecule has 11 rings (SSSR count). The molecule has 4 nitrogen and oxygen atoms in total. The second kappa shape index (κ2) is 12.6. The van der Waals surface area contributed by atoms with Crippen molar-refractivity contribution >= 4 is 54.5 Å². The Hall–Kier alpha value is -7.43. The first-order valence-electron chi connectivity index (χ1n) is 18.5. The van der Waals surface area contributed by atoms with Crippen LogP contribution in [0.4, 0.5) is 0 Å². The van der Waals surface area contributed by atoms with Crippen LogP contribution in [0.25, 0.3) is 111 Å². The van der Waals surface area contributed by atoms with E-state index in [-0.39, 0.29) is 0 Å². The van der Waals surface area contributed by atoms with Crippen molar-refractivity contribution in [1.29, 1.82) is 0 Å². The summed E-state index contributed by atoms with van der Waals surface area (Å²) >= 11 is 0. The van der Waals surface area contributed by atoms with E-state index >= 15 is 0 Å². The van der Waals surface area contributed by atoms with Crippen LogP contribution in [0.1, 0.15) is 0 Å². The second-order valence-corrected chi connectivity index (χ2v) is 13.9. The van der Waals surface area contributed by atoms with E-state index in [9.17, 15) is 0 Å². The van der Waals surface area contributed by atoms with E-state index in [0.29, 0.717) is 5.82 Å². The molecule has 4 heteroatoms. The number of fused-ring (bicyclic) bond motifs is 7. The summed E-state index contributed by atoms with van der Waals surface area (Å²) in [6, 6.07) is 65.5. The molecule has 0 aliphatic carbocycles. The fourth-order valence-corrected chi connectivity index (χ4v) is 8.14. The summed E-state index contributed by atoms with van der Waals surface area (Å²) in [4.78, 5) is 15.6. The van der Waals surface area contributed by atoms with Crippen LogP contribution >= 0.6 is 0 Å². The van der Waals surface area contributed by atoms with E-state index in [1.54, 1.807) is 0 Å². The number of pyridine rings is 1. The lowest BCUT2D eigenvalue weighted by Gasteiger charge is -2.16. The molecule has 0 saturated carbocycles. The van der Waals surface area contributed by atoms with Gasteiger partial charge >= 0.3 is 0 Å². The summed E-state index contributed by atoms with van der Waals surface area (Å²) in [7, 11) is 0. The van der Waals surface area contributed by atoms with Crippen molar-refractivity contribution in [3.05, 3.63) is 188 Å². The normalized spacial score (nSPS) is 11.6. The average Bonchev–Trinajstić information content (AvgIpc) is 3.64. The minimum absolute atomic E-state index is 0.695. The van der Waals surface area contributed by atoms with E-state index in [0.717, 1.165) is 99.5 Å². The standard InChI is InChI=1S/C51H31N3O/c1-3-15-32(16-4-1)46-47-38-23-7-10-26-42(38)52-50(41(47)31-45-48(46)40-25-9-12-28-44(40)55-45)36-21-13-19-34(29-36)35-20-14-22-37(30-35)51-53-43-27-11-8-24-39(43)49(54-51)33-17-5-2-6-18-33/h1-31H. The highest BCUT2D eigenvalue weighted by Crippen LogP contribution is 2.46. The van der Waals surface area contributed by atoms with Gasteiger partial charge in [0.2, 0.25) is 0 Å². The molecular formula is C51H31N3O. The third-order valence-corrected chi connectivity index (χ3v) is 10.6. The molecular weight excluding hydrogens is 671 g/mol. The number of nitrogens with zero attached hydrogens (tertiary/aromatic N) is 3. The van der Waals surface area contributed by atoms with Crippen LogP contribution < -0.4 is 0 Å². The first kappa shape index (κ1) is 31.1. The molecule has 0 aliphatic heterocycles. The summed E-state index contributed by atoms with van der Waals surface area (Å²) in [5, 5.41) is 6.59. The highest BCUT2D eigenvalue weighted by Gasteiger charge is 2.22. The molecule has 55 heavy (non-hydrogen) atoms. The van der Waals surface area contributed by atoms with Crippen LogP contribution in [-0.4, -0.2) is 15.0 Å². The van der Waals surface area contributed by atoms with E-state index in [4.69, 9.17) is 19.4 Å². The predicted octanol–water partition coefficient (Wildman–Crippen LogP) is 13.6. The molecule has 0 bridgehead atoms. The maximum atomic E-state index is 6.60. The molecule has 0 atom stereocenters. The highest BCUT2D eigenvalue weighted by atomic mass is 16.3. The molecule has 11 aromatic rings. The lowest BCUT2D eigenvalue weighted by molar-refractivity contribution is 0.669. The Morgan fingerprint density at radius 1 is 0.309 bits per heavy atom. The van der Waals surface area contributed by atoms with Gasteiger partial charge < -0.3 is 4.42 Å². The third kappa shape index (κ3) is 5.19. The average molecular weight is 702 g/mol. The van der Waals surface area contributed by atoms with E-state index in [2.05, 4.69) is 164 Å². The van der Waals surface area contributed by atoms with Crippen molar-refractivity contribution in [1.82, 2.24) is 15.0 Å². The Balaban J connectivity index is 1.11. The maximum absolute atomic E-state index is 6.60. The predicted molar refractivity (Wildman–Crippen MR) is 227 cm³/mol. The molecule has 0 aliphatic rings. The van der Waals surface area contributed by atoms with Gasteiger partial charge in [-0.1, -0.05) is 152 Å². The summed E-state index contributed by atoms with van der Waals surface area (Å²) < 4.78 is 6.60. The van der Waals surface area contributed by atoms with E-state index in [1.165, 1.54) is 5.39 Å².